The van der Waals surface area contributed by atoms with Crippen LogP contribution in [0.15, 0.2) is 48.5 Å². The predicted molar refractivity (Wildman–Crippen MR) is 90.8 cm³/mol. The second kappa shape index (κ2) is 8.91. The summed E-state index contributed by atoms with van der Waals surface area (Å²) in [4.78, 5) is 12.0. The Labute approximate surface area is 141 Å². The fourth-order valence-corrected chi connectivity index (χ4v) is 2.21. The van der Waals surface area contributed by atoms with Gasteiger partial charge < -0.3 is 14.8 Å². The third kappa shape index (κ3) is 5.57. The van der Waals surface area contributed by atoms with Gasteiger partial charge in [-0.1, -0.05) is 12.1 Å². The molecular formula is C19H22FNO3. The highest BCUT2D eigenvalue weighted by Crippen LogP contribution is 2.14. The highest BCUT2D eigenvalue weighted by Gasteiger charge is 2.13. The Balaban J connectivity index is 1.69. The number of nitrogens with one attached hydrogen (secondary N) is 1. The number of carbonyl (C=O) groups is 1. The molecule has 0 fully saturated rings. The number of aryl methyl sites for hydroxylation is 1. The summed E-state index contributed by atoms with van der Waals surface area (Å²) in [6.07, 6.45) is 1.08. The molecule has 0 radical (unpaired) electrons. The molecule has 128 valence electrons. The van der Waals surface area contributed by atoms with E-state index in [-0.39, 0.29) is 11.7 Å². The molecule has 1 N–H and O–H groups in total. The van der Waals surface area contributed by atoms with E-state index in [4.69, 9.17) is 9.47 Å². The number of rotatable bonds is 8. The van der Waals surface area contributed by atoms with E-state index < -0.39 is 6.10 Å². The van der Waals surface area contributed by atoms with Gasteiger partial charge in [0.25, 0.3) is 5.91 Å². The molecule has 2 aromatic rings. The molecule has 0 bridgehead atoms. The van der Waals surface area contributed by atoms with E-state index >= 15 is 0 Å². The van der Waals surface area contributed by atoms with Crippen molar-refractivity contribution in [2.75, 3.05) is 13.7 Å². The van der Waals surface area contributed by atoms with Gasteiger partial charge in [-0.15, -0.1) is 0 Å². The lowest BCUT2D eigenvalue weighted by Crippen LogP contribution is -2.36. The summed E-state index contributed by atoms with van der Waals surface area (Å²) in [5.74, 6) is 0.781. The number of methoxy groups -OCH3 is 1. The van der Waals surface area contributed by atoms with E-state index in [2.05, 4.69) is 5.32 Å². The van der Waals surface area contributed by atoms with Crippen molar-refractivity contribution >= 4 is 5.91 Å². The minimum Gasteiger partial charge on any atom is -0.497 e. The lowest BCUT2D eigenvalue weighted by Gasteiger charge is -2.14. The molecule has 0 heterocycles. The minimum atomic E-state index is -0.628. The maximum atomic E-state index is 12.8. The van der Waals surface area contributed by atoms with Crippen LogP contribution < -0.4 is 14.8 Å². The van der Waals surface area contributed by atoms with Gasteiger partial charge in [0.1, 0.15) is 17.3 Å². The fraction of sp³-hybridized carbons (Fsp3) is 0.316. The third-order valence-corrected chi connectivity index (χ3v) is 3.60. The van der Waals surface area contributed by atoms with E-state index in [1.807, 2.05) is 24.3 Å². The molecular weight excluding hydrogens is 309 g/mol. The summed E-state index contributed by atoms with van der Waals surface area (Å²) in [6.45, 7) is 2.24. The van der Waals surface area contributed by atoms with E-state index in [1.54, 1.807) is 14.0 Å². The average Bonchev–Trinajstić information content (AvgIpc) is 2.61. The maximum absolute atomic E-state index is 12.8. The lowest BCUT2D eigenvalue weighted by molar-refractivity contribution is -0.127. The van der Waals surface area contributed by atoms with Crippen LogP contribution in [0.1, 0.15) is 18.9 Å². The molecule has 1 amide bonds. The van der Waals surface area contributed by atoms with Crippen LogP contribution >= 0.6 is 0 Å². The van der Waals surface area contributed by atoms with E-state index in [0.717, 1.165) is 18.6 Å². The summed E-state index contributed by atoms with van der Waals surface area (Å²) >= 11 is 0. The molecule has 5 heteroatoms. The van der Waals surface area contributed by atoms with Crippen molar-refractivity contribution in [2.24, 2.45) is 0 Å². The zero-order chi connectivity index (χ0) is 17.4. The number of benzene rings is 2. The van der Waals surface area contributed by atoms with Crippen LogP contribution in [0.25, 0.3) is 0 Å². The van der Waals surface area contributed by atoms with Crippen LogP contribution in [0, 0.1) is 5.82 Å². The topological polar surface area (TPSA) is 47.6 Å². The van der Waals surface area contributed by atoms with Gasteiger partial charge in [0.05, 0.1) is 7.11 Å². The summed E-state index contributed by atoms with van der Waals surface area (Å²) in [6, 6.07) is 13.5. The molecule has 1 unspecified atom stereocenters. The SMILES string of the molecule is COc1ccc(CCCNC(=O)C(C)Oc2ccc(F)cc2)cc1. The Morgan fingerprint density at radius 2 is 1.71 bits per heavy atom. The Morgan fingerprint density at radius 3 is 2.33 bits per heavy atom. The first kappa shape index (κ1) is 17.8. The minimum absolute atomic E-state index is 0.186. The molecule has 0 aromatic heterocycles. The van der Waals surface area contributed by atoms with Crippen molar-refractivity contribution in [3.63, 3.8) is 0 Å². The normalized spacial score (nSPS) is 11.6. The van der Waals surface area contributed by atoms with Crippen molar-refractivity contribution < 1.29 is 18.7 Å². The Hall–Kier alpha value is -2.56. The Kier molecular flexibility index (Phi) is 6.61. The molecule has 0 aliphatic carbocycles. The van der Waals surface area contributed by atoms with Gasteiger partial charge in [-0.25, -0.2) is 4.39 Å². The van der Waals surface area contributed by atoms with Crippen LogP contribution in [-0.2, 0) is 11.2 Å². The van der Waals surface area contributed by atoms with Crippen LogP contribution in [0.5, 0.6) is 11.5 Å². The van der Waals surface area contributed by atoms with Gasteiger partial charge in [0.15, 0.2) is 6.10 Å². The molecule has 2 aromatic carbocycles. The van der Waals surface area contributed by atoms with Crippen LogP contribution in [0.4, 0.5) is 4.39 Å². The van der Waals surface area contributed by atoms with Crippen molar-refractivity contribution in [3.05, 3.63) is 59.9 Å². The Morgan fingerprint density at radius 1 is 1.08 bits per heavy atom. The van der Waals surface area contributed by atoms with Gasteiger partial charge in [0.2, 0.25) is 0 Å². The molecule has 0 aliphatic heterocycles. The van der Waals surface area contributed by atoms with E-state index in [1.165, 1.54) is 29.8 Å². The van der Waals surface area contributed by atoms with Crippen molar-refractivity contribution in [3.8, 4) is 11.5 Å². The number of hydrogen-bond donors (Lipinski definition) is 1. The zero-order valence-corrected chi connectivity index (χ0v) is 13.9. The van der Waals surface area contributed by atoms with Gasteiger partial charge in [-0.3, -0.25) is 4.79 Å². The van der Waals surface area contributed by atoms with Crippen molar-refractivity contribution in [1.29, 1.82) is 0 Å². The van der Waals surface area contributed by atoms with Gasteiger partial charge >= 0.3 is 0 Å². The van der Waals surface area contributed by atoms with Crippen molar-refractivity contribution in [2.45, 2.75) is 25.9 Å². The third-order valence-electron chi connectivity index (χ3n) is 3.60. The van der Waals surface area contributed by atoms with Gasteiger partial charge in [0, 0.05) is 6.54 Å². The Bertz CT molecular complexity index is 641. The smallest absolute Gasteiger partial charge is 0.260 e. The quantitative estimate of drug-likeness (QED) is 0.755. The van der Waals surface area contributed by atoms with Gasteiger partial charge in [-0.05, 0) is 61.7 Å². The molecule has 0 saturated carbocycles. The monoisotopic (exact) mass is 331 g/mol. The summed E-state index contributed by atoms with van der Waals surface area (Å²) < 4.78 is 23.4. The predicted octanol–water partition coefficient (Wildman–Crippen LogP) is 3.35. The first-order chi connectivity index (χ1) is 11.6. The number of halogens is 1. The average molecular weight is 331 g/mol. The molecule has 0 saturated heterocycles. The molecule has 2 rings (SSSR count). The highest BCUT2D eigenvalue weighted by atomic mass is 19.1. The van der Waals surface area contributed by atoms with E-state index in [9.17, 15) is 9.18 Å². The standard InChI is InChI=1S/C19H22FNO3/c1-14(24-18-11-7-16(20)8-12-18)19(22)21-13-3-4-15-5-9-17(23-2)10-6-15/h5-12,14H,3-4,13H2,1-2H3,(H,21,22). The second-order valence-electron chi connectivity index (χ2n) is 5.46. The molecule has 0 aliphatic rings. The van der Waals surface area contributed by atoms with Gasteiger partial charge in [-0.2, -0.15) is 0 Å². The number of hydrogen-bond acceptors (Lipinski definition) is 3. The first-order valence-electron chi connectivity index (χ1n) is 7.91. The number of carbonyl (C=O) groups excluding carboxylic acids is 1. The summed E-state index contributed by atoms with van der Waals surface area (Å²) in [5.41, 5.74) is 1.20. The largest absolute Gasteiger partial charge is 0.497 e. The van der Waals surface area contributed by atoms with Crippen LogP contribution in [0.3, 0.4) is 0 Å². The molecule has 1 atom stereocenters. The van der Waals surface area contributed by atoms with Crippen LogP contribution in [-0.4, -0.2) is 25.7 Å². The first-order valence-corrected chi connectivity index (χ1v) is 7.91. The molecule has 0 spiro atoms. The fourth-order valence-electron chi connectivity index (χ4n) is 2.21. The van der Waals surface area contributed by atoms with E-state index in [0.29, 0.717) is 12.3 Å². The second-order valence-corrected chi connectivity index (χ2v) is 5.46. The van der Waals surface area contributed by atoms with Crippen LogP contribution in [0.2, 0.25) is 0 Å². The number of amides is 1. The molecule has 24 heavy (non-hydrogen) atoms. The lowest BCUT2D eigenvalue weighted by atomic mass is 10.1. The molecule has 4 nitrogen and oxygen atoms in total. The zero-order valence-electron chi connectivity index (χ0n) is 13.9. The highest BCUT2D eigenvalue weighted by molar-refractivity contribution is 5.80. The summed E-state index contributed by atoms with van der Waals surface area (Å²) in [7, 11) is 1.64. The number of ether oxygens (including phenoxy) is 2. The summed E-state index contributed by atoms with van der Waals surface area (Å²) in [5, 5.41) is 2.84. The maximum Gasteiger partial charge on any atom is 0.260 e. The van der Waals surface area contributed by atoms with Crippen molar-refractivity contribution in [1.82, 2.24) is 5.32 Å².